The highest BCUT2D eigenvalue weighted by molar-refractivity contribution is 5.81. The molecule has 3 aromatic rings. The van der Waals surface area contributed by atoms with Gasteiger partial charge >= 0.3 is 0 Å². The number of amides is 2. The van der Waals surface area contributed by atoms with Crippen LogP contribution in [-0.4, -0.2) is 66.2 Å². The lowest BCUT2D eigenvalue weighted by molar-refractivity contribution is -0.135. The molecule has 1 N–H and O–H groups in total. The number of carbonyl (C=O) groups excluding carboxylic acids is 2. The van der Waals surface area contributed by atoms with Crippen molar-refractivity contribution < 1.29 is 19.1 Å². The van der Waals surface area contributed by atoms with Crippen molar-refractivity contribution in [2.24, 2.45) is 0 Å². The number of benzene rings is 2. The SMILES string of the molecule is COc1ccc(CC(=O)NCCCc2nc3ccccc3n2CC(=O)N2CCOCC2)cc1. The van der Waals surface area contributed by atoms with Crippen molar-refractivity contribution >= 4 is 22.8 Å². The number of hydrogen-bond donors (Lipinski definition) is 1. The molecule has 1 aliphatic heterocycles. The number of para-hydroxylation sites is 2. The van der Waals surface area contributed by atoms with Crippen LogP contribution in [0.5, 0.6) is 5.75 Å². The Labute approximate surface area is 193 Å². The predicted molar refractivity (Wildman–Crippen MR) is 125 cm³/mol. The quantitative estimate of drug-likeness (QED) is 0.505. The zero-order valence-electron chi connectivity index (χ0n) is 19.0. The number of aryl methyl sites for hydroxylation is 1. The fourth-order valence-electron chi connectivity index (χ4n) is 4.01. The summed E-state index contributed by atoms with van der Waals surface area (Å²) < 4.78 is 12.5. The van der Waals surface area contributed by atoms with Crippen LogP contribution in [0.3, 0.4) is 0 Å². The van der Waals surface area contributed by atoms with Crippen LogP contribution in [0.2, 0.25) is 0 Å². The lowest BCUT2D eigenvalue weighted by Gasteiger charge is -2.27. The van der Waals surface area contributed by atoms with Gasteiger partial charge < -0.3 is 24.3 Å². The van der Waals surface area contributed by atoms with Crippen molar-refractivity contribution in [1.82, 2.24) is 19.8 Å². The standard InChI is InChI=1S/C25H30N4O4/c1-32-20-10-8-19(9-11-20)17-24(30)26-12-4-7-23-27-21-5-2-3-6-22(21)29(23)18-25(31)28-13-15-33-16-14-28/h2-3,5-6,8-11H,4,7,12-18H2,1H3,(H,26,30). The van der Waals surface area contributed by atoms with Crippen LogP contribution in [-0.2, 0) is 33.7 Å². The Morgan fingerprint density at radius 3 is 2.61 bits per heavy atom. The Hall–Kier alpha value is -3.39. The second-order valence-corrected chi connectivity index (χ2v) is 8.07. The van der Waals surface area contributed by atoms with Crippen LogP contribution in [0.4, 0.5) is 0 Å². The summed E-state index contributed by atoms with van der Waals surface area (Å²) in [5.41, 5.74) is 2.78. The van der Waals surface area contributed by atoms with Crippen molar-refractivity contribution in [2.45, 2.75) is 25.8 Å². The minimum Gasteiger partial charge on any atom is -0.497 e. The number of methoxy groups -OCH3 is 1. The fourth-order valence-corrected chi connectivity index (χ4v) is 4.01. The van der Waals surface area contributed by atoms with E-state index in [1.807, 2.05) is 58.0 Å². The number of rotatable bonds is 9. The van der Waals surface area contributed by atoms with Crippen LogP contribution >= 0.6 is 0 Å². The van der Waals surface area contributed by atoms with Gasteiger partial charge in [-0.15, -0.1) is 0 Å². The van der Waals surface area contributed by atoms with Gasteiger partial charge in [-0.05, 0) is 36.2 Å². The molecule has 1 saturated heterocycles. The van der Waals surface area contributed by atoms with E-state index in [2.05, 4.69) is 5.32 Å². The monoisotopic (exact) mass is 450 g/mol. The molecule has 8 heteroatoms. The second-order valence-electron chi connectivity index (χ2n) is 8.07. The third-order valence-corrected chi connectivity index (χ3v) is 5.81. The molecule has 0 unspecified atom stereocenters. The normalized spacial score (nSPS) is 13.8. The van der Waals surface area contributed by atoms with Gasteiger partial charge in [0.1, 0.15) is 18.1 Å². The number of carbonyl (C=O) groups is 2. The molecule has 2 heterocycles. The van der Waals surface area contributed by atoms with Crippen LogP contribution in [0.1, 0.15) is 17.8 Å². The van der Waals surface area contributed by atoms with E-state index in [0.717, 1.165) is 34.6 Å². The highest BCUT2D eigenvalue weighted by Crippen LogP contribution is 2.18. The van der Waals surface area contributed by atoms with E-state index >= 15 is 0 Å². The maximum Gasteiger partial charge on any atom is 0.242 e. The maximum atomic E-state index is 12.9. The van der Waals surface area contributed by atoms with Gasteiger partial charge in [-0.1, -0.05) is 24.3 Å². The van der Waals surface area contributed by atoms with E-state index in [0.29, 0.717) is 45.7 Å². The van der Waals surface area contributed by atoms with Crippen molar-refractivity contribution in [1.29, 1.82) is 0 Å². The molecule has 0 bridgehead atoms. The second kappa shape index (κ2) is 11.0. The first-order valence-corrected chi connectivity index (χ1v) is 11.3. The lowest BCUT2D eigenvalue weighted by atomic mass is 10.1. The number of fused-ring (bicyclic) bond motifs is 1. The molecule has 2 amide bonds. The molecule has 0 radical (unpaired) electrons. The summed E-state index contributed by atoms with van der Waals surface area (Å²) in [5.74, 6) is 1.70. The van der Waals surface area contributed by atoms with Gasteiger partial charge in [0.15, 0.2) is 0 Å². The summed E-state index contributed by atoms with van der Waals surface area (Å²) in [4.78, 5) is 31.7. The summed E-state index contributed by atoms with van der Waals surface area (Å²) in [6, 6.07) is 15.4. The van der Waals surface area contributed by atoms with Crippen molar-refractivity contribution in [3.05, 3.63) is 59.9 Å². The van der Waals surface area contributed by atoms with E-state index in [9.17, 15) is 9.59 Å². The van der Waals surface area contributed by atoms with E-state index in [1.165, 1.54) is 0 Å². The molecule has 1 aromatic heterocycles. The maximum absolute atomic E-state index is 12.9. The lowest BCUT2D eigenvalue weighted by Crippen LogP contribution is -2.42. The summed E-state index contributed by atoms with van der Waals surface area (Å²) in [7, 11) is 1.62. The molecule has 2 aromatic carbocycles. The van der Waals surface area contributed by atoms with Crippen molar-refractivity contribution in [3.63, 3.8) is 0 Å². The average Bonchev–Trinajstić information content (AvgIpc) is 3.20. The Morgan fingerprint density at radius 1 is 1.09 bits per heavy atom. The smallest absolute Gasteiger partial charge is 0.242 e. The molecular formula is C25H30N4O4. The molecule has 8 nitrogen and oxygen atoms in total. The Kier molecular flexibility index (Phi) is 7.57. The number of morpholine rings is 1. The minimum absolute atomic E-state index is 0.0174. The summed E-state index contributed by atoms with van der Waals surface area (Å²) in [5, 5.41) is 2.98. The Balaban J connectivity index is 1.33. The molecule has 0 saturated carbocycles. The van der Waals surface area contributed by atoms with Gasteiger partial charge in [0.05, 0.1) is 37.8 Å². The van der Waals surface area contributed by atoms with Crippen LogP contribution < -0.4 is 10.1 Å². The zero-order chi connectivity index (χ0) is 23.0. The van der Waals surface area contributed by atoms with Crippen molar-refractivity contribution in [2.75, 3.05) is 40.0 Å². The molecule has 1 aliphatic rings. The summed E-state index contributed by atoms with van der Waals surface area (Å²) >= 11 is 0. The van der Waals surface area contributed by atoms with E-state index in [4.69, 9.17) is 14.5 Å². The van der Waals surface area contributed by atoms with Crippen LogP contribution in [0.25, 0.3) is 11.0 Å². The highest BCUT2D eigenvalue weighted by atomic mass is 16.5. The minimum atomic E-state index is -0.0174. The van der Waals surface area contributed by atoms with Crippen molar-refractivity contribution in [3.8, 4) is 5.75 Å². The molecule has 174 valence electrons. The zero-order valence-corrected chi connectivity index (χ0v) is 19.0. The molecule has 0 spiro atoms. The predicted octanol–water partition coefficient (Wildman–Crippen LogP) is 2.20. The first kappa shape index (κ1) is 22.8. The molecule has 0 atom stereocenters. The van der Waals surface area contributed by atoms with Gasteiger partial charge in [-0.25, -0.2) is 4.98 Å². The Bertz CT molecular complexity index is 1090. The number of ether oxygens (including phenoxy) is 2. The Morgan fingerprint density at radius 2 is 1.85 bits per heavy atom. The van der Waals surface area contributed by atoms with Crippen LogP contribution in [0, 0.1) is 0 Å². The number of aromatic nitrogens is 2. The van der Waals surface area contributed by atoms with Gasteiger partial charge in [-0.2, -0.15) is 0 Å². The van der Waals surface area contributed by atoms with E-state index < -0.39 is 0 Å². The molecule has 1 fully saturated rings. The number of nitrogens with one attached hydrogen (secondary N) is 1. The third kappa shape index (κ3) is 5.90. The highest BCUT2D eigenvalue weighted by Gasteiger charge is 2.20. The molecule has 33 heavy (non-hydrogen) atoms. The first-order chi connectivity index (χ1) is 16.1. The topological polar surface area (TPSA) is 85.7 Å². The summed E-state index contributed by atoms with van der Waals surface area (Å²) in [6.07, 6.45) is 1.74. The first-order valence-electron chi connectivity index (χ1n) is 11.3. The molecule has 0 aliphatic carbocycles. The van der Waals surface area contributed by atoms with E-state index in [-0.39, 0.29) is 18.4 Å². The third-order valence-electron chi connectivity index (χ3n) is 5.81. The number of imidazole rings is 1. The average molecular weight is 451 g/mol. The number of nitrogens with zero attached hydrogens (tertiary/aromatic N) is 3. The van der Waals surface area contributed by atoms with Gasteiger partial charge in [0, 0.05) is 26.1 Å². The van der Waals surface area contributed by atoms with Gasteiger partial charge in [0.25, 0.3) is 0 Å². The van der Waals surface area contributed by atoms with Crippen LogP contribution in [0.15, 0.2) is 48.5 Å². The molecule has 4 rings (SSSR count). The largest absolute Gasteiger partial charge is 0.497 e. The number of hydrogen-bond acceptors (Lipinski definition) is 5. The summed E-state index contributed by atoms with van der Waals surface area (Å²) in [6.45, 7) is 3.23. The fraction of sp³-hybridized carbons (Fsp3) is 0.400. The van der Waals surface area contributed by atoms with E-state index in [1.54, 1.807) is 7.11 Å². The van der Waals surface area contributed by atoms with Gasteiger partial charge in [-0.3, -0.25) is 9.59 Å². The van der Waals surface area contributed by atoms with Gasteiger partial charge in [0.2, 0.25) is 11.8 Å². The molecular weight excluding hydrogens is 420 g/mol.